The zero-order chi connectivity index (χ0) is 8.81. The minimum absolute atomic E-state index is 0.439. The summed E-state index contributed by atoms with van der Waals surface area (Å²) in [6.45, 7) is 0.707. The molecule has 1 heterocycles. The van der Waals surface area contributed by atoms with Gasteiger partial charge in [0.25, 0.3) is 0 Å². The van der Waals surface area contributed by atoms with Crippen molar-refractivity contribution in [1.82, 2.24) is 20.5 Å². The third-order valence-corrected chi connectivity index (χ3v) is 1.37. The highest BCUT2D eigenvalue weighted by molar-refractivity contribution is 5.77. The average Bonchev–Trinajstić information content (AvgIpc) is 2.57. The zero-order valence-corrected chi connectivity index (χ0v) is 6.91. The van der Waals surface area contributed by atoms with Gasteiger partial charge in [0, 0.05) is 20.0 Å². The first-order valence-electron chi connectivity index (χ1n) is 3.63. The summed E-state index contributed by atoms with van der Waals surface area (Å²) in [5.41, 5.74) is 5.41. The van der Waals surface area contributed by atoms with Crippen molar-refractivity contribution in [3.8, 4) is 0 Å². The molecule has 0 radical (unpaired) electrons. The Kier molecular flexibility index (Phi) is 3.06. The minimum atomic E-state index is 0.439. The number of aromatic nitrogens is 3. The van der Waals surface area contributed by atoms with Crippen molar-refractivity contribution in [3.05, 3.63) is 12.2 Å². The van der Waals surface area contributed by atoms with Crippen LogP contribution < -0.4 is 11.1 Å². The highest BCUT2D eigenvalue weighted by Crippen LogP contribution is 1.84. The van der Waals surface area contributed by atoms with Crippen molar-refractivity contribution in [2.75, 3.05) is 13.6 Å². The number of nitrogens with one attached hydrogen (secondary N) is 2. The van der Waals surface area contributed by atoms with E-state index in [-0.39, 0.29) is 0 Å². The van der Waals surface area contributed by atoms with Crippen LogP contribution in [0.1, 0.15) is 5.82 Å². The molecule has 1 rings (SSSR count). The molecule has 0 bridgehead atoms. The Balaban J connectivity index is 2.19. The fourth-order valence-corrected chi connectivity index (χ4v) is 0.739. The Labute approximate surface area is 70.3 Å². The second kappa shape index (κ2) is 4.32. The summed E-state index contributed by atoms with van der Waals surface area (Å²) in [6, 6.07) is 0. The van der Waals surface area contributed by atoms with Crippen molar-refractivity contribution in [1.29, 1.82) is 0 Å². The summed E-state index contributed by atoms with van der Waals surface area (Å²) in [5, 5.41) is 9.37. The lowest BCUT2D eigenvalue weighted by Crippen LogP contribution is -2.33. The van der Waals surface area contributed by atoms with Crippen LogP contribution in [0.15, 0.2) is 11.3 Å². The van der Waals surface area contributed by atoms with Gasteiger partial charge in [-0.2, -0.15) is 5.10 Å². The maximum Gasteiger partial charge on any atom is 0.188 e. The van der Waals surface area contributed by atoms with E-state index in [1.807, 2.05) is 0 Å². The van der Waals surface area contributed by atoms with Gasteiger partial charge in [0.15, 0.2) is 5.96 Å². The van der Waals surface area contributed by atoms with E-state index in [0.29, 0.717) is 12.5 Å². The topological polar surface area (TPSA) is 92.0 Å². The Morgan fingerprint density at radius 3 is 3.25 bits per heavy atom. The van der Waals surface area contributed by atoms with Gasteiger partial charge in [0.05, 0.1) is 0 Å². The quantitative estimate of drug-likeness (QED) is 0.394. The molecule has 1 aromatic heterocycles. The molecule has 6 heteroatoms. The standard InChI is InChI=1S/C6H12N6/c1-8-6(7)9-3-2-5-10-4-11-12-5/h4H,2-3H2,1H3,(H3,7,8,9)(H,10,11,12). The van der Waals surface area contributed by atoms with Crippen LogP contribution in [0.5, 0.6) is 0 Å². The predicted molar refractivity (Wildman–Crippen MR) is 45.6 cm³/mol. The molecule has 0 aliphatic carbocycles. The molecular formula is C6H12N6. The van der Waals surface area contributed by atoms with E-state index in [1.54, 1.807) is 7.05 Å². The summed E-state index contributed by atoms with van der Waals surface area (Å²) in [6.07, 6.45) is 2.24. The third-order valence-electron chi connectivity index (χ3n) is 1.37. The molecule has 0 aliphatic heterocycles. The van der Waals surface area contributed by atoms with Crippen LogP contribution in [0.2, 0.25) is 0 Å². The Morgan fingerprint density at radius 1 is 1.83 bits per heavy atom. The predicted octanol–water partition coefficient (Wildman–Crippen LogP) is -1.12. The van der Waals surface area contributed by atoms with Crippen molar-refractivity contribution in [3.63, 3.8) is 0 Å². The van der Waals surface area contributed by atoms with Crippen LogP contribution in [0.4, 0.5) is 0 Å². The van der Waals surface area contributed by atoms with E-state index in [2.05, 4.69) is 25.5 Å². The summed E-state index contributed by atoms with van der Waals surface area (Å²) in [4.78, 5) is 7.70. The monoisotopic (exact) mass is 168 g/mol. The van der Waals surface area contributed by atoms with E-state index in [9.17, 15) is 0 Å². The first-order valence-corrected chi connectivity index (χ1v) is 3.63. The number of nitrogens with two attached hydrogens (primary N) is 1. The van der Waals surface area contributed by atoms with E-state index in [1.165, 1.54) is 6.33 Å². The molecule has 0 atom stereocenters. The number of aliphatic imine (C=N–C) groups is 1. The highest BCUT2D eigenvalue weighted by atomic mass is 15.2. The lowest BCUT2D eigenvalue weighted by atomic mass is 10.4. The Morgan fingerprint density at radius 2 is 2.67 bits per heavy atom. The molecule has 4 N–H and O–H groups in total. The maximum absolute atomic E-state index is 5.41. The van der Waals surface area contributed by atoms with Crippen molar-refractivity contribution in [2.45, 2.75) is 6.42 Å². The van der Waals surface area contributed by atoms with E-state index in [0.717, 1.165) is 12.2 Å². The molecule has 0 spiro atoms. The maximum atomic E-state index is 5.41. The summed E-state index contributed by atoms with van der Waals surface area (Å²) in [5.74, 6) is 1.28. The van der Waals surface area contributed by atoms with Crippen molar-refractivity contribution < 1.29 is 0 Å². The average molecular weight is 168 g/mol. The van der Waals surface area contributed by atoms with Crippen LogP contribution >= 0.6 is 0 Å². The van der Waals surface area contributed by atoms with Crippen LogP contribution in [0.3, 0.4) is 0 Å². The van der Waals surface area contributed by atoms with Crippen LogP contribution in [-0.4, -0.2) is 34.7 Å². The number of rotatable bonds is 3. The Hall–Kier alpha value is -1.59. The number of hydrogen-bond acceptors (Lipinski definition) is 3. The van der Waals surface area contributed by atoms with Gasteiger partial charge in [-0.25, -0.2) is 4.98 Å². The fraction of sp³-hybridized carbons (Fsp3) is 0.500. The molecule has 0 saturated carbocycles. The number of aromatic amines is 1. The second-order valence-electron chi connectivity index (χ2n) is 2.22. The van der Waals surface area contributed by atoms with Gasteiger partial charge in [-0.05, 0) is 0 Å². The van der Waals surface area contributed by atoms with E-state index in [4.69, 9.17) is 5.73 Å². The Bertz CT molecular complexity index is 239. The number of nitrogens with zero attached hydrogens (tertiary/aromatic N) is 3. The molecule has 1 aromatic rings. The van der Waals surface area contributed by atoms with Gasteiger partial charge in [-0.3, -0.25) is 10.1 Å². The zero-order valence-electron chi connectivity index (χ0n) is 6.91. The molecule has 0 aliphatic rings. The normalized spacial score (nSPS) is 11.6. The third kappa shape index (κ3) is 2.57. The van der Waals surface area contributed by atoms with Gasteiger partial charge in [-0.1, -0.05) is 0 Å². The van der Waals surface area contributed by atoms with Gasteiger partial charge in [0.1, 0.15) is 12.2 Å². The number of H-pyrrole nitrogens is 1. The molecule has 0 aromatic carbocycles. The van der Waals surface area contributed by atoms with Gasteiger partial charge >= 0.3 is 0 Å². The van der Waals surface area contributed by atoms with Crippen molar-refractivity contribution in [2.24, 2.45) is 10.7 Å². The van der Waals surface area contributed by atoms with Crippen molar-refractivity contribution >= 4 is 5.96 Å². The van der Waals surface area contributed by atoms with Gasteiger partial charge in [-0.15, -0.1) is 0 Å². The summed E-state index contributed by atoms with van der Waals surface area (Å²) < 4.78 is 0. The number of guanidine groups is 1. The molecule has 0 unspecified atom stereocenters. The molecule has 12 heavy (non-hydrogen) atoms. The molecule has 66 valence electrons. The first kappa shape index (κ1) is 8.51. The highest BCUT2D eigenvalue weighted by Gasteiger charge is 1.94. The van der Waals surface area contributed by atoms with Crippen LogP contribution in [-0.2, 0) is 6.42 Å². The second-order valence-corrected chi connectivity index (χ2v) is 2.22. The fourth-order valence-electron chi connectivity index (χ4n) is 0.739. The van der Waals surface area contributed by atoms with Crippen LogP contribution in [0.25, 0.3) is 0 Å². The molecule has 6 nitrogen and oxygen atoms in total. The molecule has 0 fully saturated rings. The van der Waals surface area contributed by atoms with Gasteiger partial charge in [0.2, 0.25) is 0 Å². The number of hydrogen-bond donors (Lipinski definition) is 3. The minimum Gasteiger partial charge on any atom is -0.370 e. The smallest absolute Gasteiger partial charge is 0.188 e. The molecular weight excluding hydrogens is 156 g/mol. The molecule has 0 amide bonds. The van der Waals surface area contributed by atoms with Crippen LogP contribution in [0, 0.1) is 0 Å². The lowest BCUT2D eigenvalue weighted by Gasteiger charge is -2.01. The van der Waals surface area contributed by atoms with E-state index >= 15 is 0 Å². The molecule has 0 saturated heterocycles. The van der Waals surface area contributed by atoms with Gasteiger partial charge < -0.3 is 11.1 Å². The summed E-state index contributed by atoms with van der Waals surface area (Å²) >= 11 is 0. The summed E-state index contributed by atoms with van der Waals surface area (Å²) in [7, 11) is 1.64. The SMILES string of the molecule is CN=C(N)NCCc1ncn[nH]1. The lowest BCUT2D eigenvalue weighted by molar-refractivity contribution is 0.807. The largest absolute Gasteiger partial charge is 0.370 e. The van der Waals surface area contributed by atoms with E-state index < -0.39 is 0 Å². The first-order chi connectivity index (χ1) is 5.83.